The molecule has 0 aliphatic heterocycles. The molecule has 0 saturated carbocycles. The van der Waals surface area contributed by atoms with Crippen molar-refractivity contribution >= 4 is 15.9 Å². The molecular formula is C17H29N3O4S. The highest BCUT2D eigenvalue weighted by atomic mass is 32.2. The number of hydrogen-bond acceptors (Lipinski definition) is 5. The van der Waals surface area contributed by atoms with Gasteiger partial charge in [-0.1, -0.05) is 0 Å². The Labute approximate surface area is 151 Å². The Morgan fingerprint density at radius 3 is 2.40 bits per heavy atom. The zero-order valence-corrected chi connectivity index (χ0v) is 16.5. The molecule has 8 heteroatoms. The number of benzene rings is 1. The smallest absolute Gasteiger partial charge is 0.240 e. The fourth-order valence-electron chi connectivity index (χ4n) is 2.42. The first-order valence-corrected chi connectivity index (χ1v) is 9.70. The summed E-state index contributed by atoms with van der Waals surface area (Å²) in [5.74, 6) is 0.584. The van der Waals surface area contributed by atoms with Crippen molar-refractivity contribution in [2.75, 3.05) is 47.4 Å². The van der Waals surface area contributed by atoms with Gasteiger partial charge in [-0.05, 0) is 57.7 Å². The summed E-state index contributed by atoms with van der Waals surface area (Å²) in [7, 11) is 1.88. The van der Waals surface area contributed by atoms with Gasteiger partial charge in [0.05, 0.1) is 12.0 Å². The van der Waals surface area contributed by atoms with Gasteiger partial charge in [-0.2, -0.15) is 0 Å². The zero-order valence-electron chi connectivity index (χ0n) is 15.7. The van der Waals surface area contributed by atoms with E-state index in [2.05, 4.69) is 4.72 Å². The van der Waals surface area contributed by atoms with Gasteiger partial charge in [0.25, 0.3) is 0 Å². The largest absolute Gasteiger partial charge is 0.496 e. The number of aryl methyl sites for hydroxylation is 1. The third-order valence-electron chi connectivity index (χ3n) is 3.83. The molecule has 0 aliphatic rings. The van der Waals surface area contributed by atoms with E-state index >= 15 is 0 Å². The summed E-state index contributed by atoms with van der Waals surface area (Å²) in [6, 6.07) is 4.71. The predicted molar refractivity (Wildman–Crippen MR) is 98.3 cm³/mol. The number of nitrogens with one attached hydrogen (secondary N) is 1. The second-order valence-electron chi connectivity index (χ2n) is 6.19. The van der Waals surface area contributed by atoms with Crippen molar-refractivity contribution in [1.82, 2.24) is 14.5 Å². The molecule has 0 heterocycles. The molecule has 1 amide bonds. The maximum absolute atomic E-state index is 12.4. The van der Waals surface area contributed by atoms with Crippen LogP contribution in [0.2, 0.25) is 0 Å². The summed E-state index contributed by atoms with van der Waals surface area (Å²) < 4.78 is 32.4. The first-order chi connectivity index (χ1) is 11.7. The standard InChI is InChI=1S/C17H29N3O4S/c1-14-13-16(7-8-17(14)24-5)25(22,23)18-9-12-20(15(2)21)11-6-10-19(3)4/h7-8,13,18H,6,9-12H2,1-5H3. The number of carbonyl (C=O) groups excluding carboxylic acids is 1. The van der Waals surface area contributed by atoms with Gasteiger partial charge < -0.3 is 14.5 Å². The summed E-state index contributed by atoms with van der Waals surface area (Å²) in [5.41, 5.74) is 0.749. The highest BCUT2D eigenvalue weighted by Gasteiger charge is 2.16. The average Bonchev–Trinajstić information content (AvgIpc) is 2.52. The van der Waals surface area contributed by atoms with Crippen LogP contribution >= 0.6 is 0 Å². The van der Waals surface area contributed by atoms with Crippen LogP contribution < -0.4 is 9.46 Å². The summed E-state index contributed by atoms with van der Waals surface area (Å²) in [4.78, 5) is 15.6. The number of ether oxygens (including phenoxy) is 1. The van der Waals surface area contributed by atoms with Crippen molar-refractivity contribution < 1.29 is 17.9 Å². The van der Waals surface area contributed by atoms with E-state index in [0.29, 0.717) is 18.8 Å². The lowest BCUT2D eigenvalue weighted by atomic mass is 10.2. The molecule has 0 atom stereocenters. The molecule has 0 aliphatic carbocycles. The molecule has 7 nitrogen and oxygen atoms in total. The molecule has 1 aromatic rings. The van der Waals surface area contributed by atoms with Crippen LogP contribution in [0.1, 0.15) is 18.9 Å². The van der Waals surface area contributed by atoms with E-state index in [0.717, 1.165) is 18.5 Å². The second kappa shape index (κ2) is 9.74. The van der Waals surface area contributed by atoms with Gasteiger partial charge in [0.1, 0.15) is 5.75 Å². The van der Waals surface area contributed by atoms with Gasteiger partial charge in [-0.15, -0.1) is 0 Å². The number of rotatable bonds is 10. The number of sulfonamides is 1. The Morgan fingerprint density at radius 2 is 1.88 bits per heavy atom. The molecule has 0 fully saturated rings. The number of amides is 1. The Kier molecular flexibility index (Phi) is 8.34. The number of nitrogens with zero attached hydrogens (tertiary/aromatic N) is 2. The molecule has 0 radical (unpaired) electrons. The van der Waals surface area contributed by atoms with E-state index in [-0.39, 0.29) is 17.3 Å². The van der Waals surface area contributed by atoms with Crippen molar-refractivity contribution in [3.63, 3.8) is 0 Å². The number of carbonyl (C=O) groups is 1. The fourth-order valence-corrected chi connectivity index (χ4v) is 3.53. The first kappa shape index (κ1) is 21.4. The van der Waals surface area contributed by atoms with Gasteiger partial charge in [0.15, 0.2) is 0 Å². The van der Waals surface area contributed by atoms with Gasteiger partial charge >= 0.3 is 0 Å². The van der Waals surface area contributed by atoms with Crippen LogP contribution in [0.25, 0.3) is 0 Å². The highest BCUT2D eigenvalue weighted by molar-refractivity contribution is 7.89. The van der Waals surface area contributed by atoms with Crippen LogP contribution in [0.3, 0.4) is 0 Å². The summed E-state index contributed by atoms with van der Waals surface area (Å²) in [5, 5.41) is 0. The zero-order chi connectivity index (χ0) is 19.0. The van der Waals surface area contributed by atoms with Crippen LogP contribution in [-0.4, -0.2) is 71.5 Å². The fraction of sp³-hybridized carbons (Fsp3) is 0.588. The Hall–Kier alpha value is -1.64. The highest BCUT2D eigenvalue weighted by Crippen LogP contribution is 2.21. The van der Waals surface area contributed by atoms with Crippen LogP contribution in [0.4, 0.5) is 0 Å². The minimum Gasteiger partial charge on any atom is -0.496 e. The monoisotopic (exact) mass is 371 g/mol. The summed E-state index contributed by atoms with van der Waals surface area (Å²) >= 11 is 0. The Balaban J connectivity index is 2.62. The third-order valence-corrected chi connectivity index (χ3v) is 5.29. The van der Waals surface area contributed by atoms with Gasteiger partial charge in [-0.25, -0.2) is 13.1 Å². The molecule has 1 N–H and O–H groups in total. The van der Waals surface area contributed by atoms with Gasteiger partial charge in [-0.3, -0.25) is 4.79 Å². The van der Waals surface area contributed by atoms with Crippen molar-refractivity contribution in [2.24, 2.45) is 0 Å². The summed E-state index contributed by atoms with van der Waals surface area (Å²) in [6.07, 6.45) is 0.844. The van der Waals surface area contributed by atoms with E-state index in [4.69, 9.17) is 4.74 Å². The van der Waals surface area contributed by atoms with Crippen LogP contribution in [0.5, 0.6) is 5.75 Å². The normalized spacial score (nSPS) is 11.6. The number of methoxy groups -OCH3 is 1. The van der Waals surface area contributed by atoms with Crippen molar-refractivity contribution in [1.29, 1.82) is 0 Å². The second-order valence-corrected chi connectivity index (χ2v) is 7.96. The average molecular weight is 372 g/mol. The van der Waals surface area contributed by atoms with E-state index in [1.54, 1.807) is 31.1 Å². The van der Waals surface area contributed by atoms with Crippen LogP contribution in [0.15, 0.2) is 23.1 Å². The van der Waals surface area contributed by atoms with Gasteiger partial charge in [0, 0.05) is 26.6 Å². The number of hydrogen-bond donors (Lipinski definition) is 1. The SMILES string of the molecule is COc1ccc(S(=O)(=O)NCCN(CCCN(C)C)C(C)=O)cc1C. The minimum absolute atomic E-state index is 0.0572. The van der Waals surface area contributed by atoms with E-state index in [9.17, 15) is 13.2 Å². The molecular weight excluding hydrogens is 342 g/mol. The Bertz CT molecular complexity index is 674. The molecule has 0 saturated heterocycles. The molecule has 1 aromatic carbocycles. The molecule has 0 spiro atoms. The lowest BCUT2D eigenvalue weighted by Crippen LogP contribution is -2.38. The third kappa shape index (κ3) is 7.01. The van der Waals surface area contributed by atoms with Gasteiger partial charge in [0.2, 0.25) is 15.9 Å². The lowest BCUT2D eigenvalue weighted by Gasteiger charge is -2.22. The maximum Gasteiger partial charge on any atom is 0.240 e. The molecule has 0 unspecified atom stereocenters. The van der Waals surface area contributed by atoms with Crippen molar-refractivity contribution in [2.45, 2.75) is 25.2 Å². The van der Waals surface area contributed by atoms with Crippen molar-refractivity contribution in [3.05, 3.63) is 23.8 Å². The molecule has 1 rings (SSSR count). The quantitative estimate of drug-likeness (QED) is 0.666. The van der Waals surface area contributed by atoms with Crippen molar-refractivity contribution in [3.8, 4) is 5.75 Å². The van der Waals surface area contributed by atoms with E-state index in [1.807, 2.05) is 19.0 Å². The molecule has 0 aromatic heterocycles. The molecule has 0 bridgehead atoms. The van der Waals surface area contributed by atoms with E-state index in [1.165, 1.54) is 13.0 Å². The Morgan fingerprint density at radius 1 is 1.20 bits per heavy atom. The first-order valence-electron chi connectivity index (χ1n) is 8.22. The van der Waals surface area contributed by atoms with Crippen LogP contribution in [0, 0.1) is 6.92 Å². The molecule has 142 valence electrons. The lowest BCUT2D eigenvalue weighted by molar-refractivity contribution is -0.128. The topological polar surface area (TPSA) is 79.0 Å². The van der Waals surface area contributed by atoms with E-state index < -0.39 is 10.0 Å². The summed E-state index contributed by atoms with van der Waals surface area (Å²) in [6.45, 7) is 5.29. The predicted octanol–water partition coefficient (Wildman–Crippen LogP) is 1.08. The van der Waals surface area contributed by atoms with Crippen LogP contribution in [-0.2, 0) is 14.8 Å². The molecule has 25 heavy (non-hydrogen) atoms. The minimum atomic E-state index is -3.61. The maximum atomic E-state index is 12.4.